The van der Waals surface area contributed by atoms with Crippen LogP contribution >= 0.6 is 0 Å². The lowest BCUT2D eigenvalue weighted by Crippen LogP contribution is -2.16. The number of anilines is 3. The normalized spacial score (nSPS) is 11.2. The number of nitrogens with zero attached hydrogens (tertiary/aromatic N) is 2. The van der Waals surface area contributed by atoms with Gasteiger partial charge in [-0.05, 0) is 55.0 Å². The fourth-order valence-electron chi connectivity index (χ4n) is 3.34. The molecule has 0 unspecified atom stereocenters. The Kier molecular flexibility index (Phi) is 6.34. The number of phenols is 1. The molecule has 0 aliphatic heterocycles. The predicted molar refractivity (Wildman–Crippen MR) is 130 cm³/mol. The van der Waals surface area contributed by atoms with Crippen molar-refractivity contribution >= 4 is 50.1 Å². The first-order chi connectivity index (χ1) is 16.6. The summed E-state index contributed by atoms with van der Waals surface area (Å²) < 4.78 is 28.6. The fraction of sp³-hybridized carbons (Fsp3) is 0.0833. The second-order valence-electron chi connectivity index (χ2n) is 7.70. The van der Waals surface area contributed by atoms with Gasteiger partial charge in [-0.1, -0.05) is 24.3 Å². The number of nitrogens with one attached hydrogen (secondary N) is 2. The zero-order valence-corrected chi connectivity index (χ0v) is 19.2. The minimum Gasteiger partial charge on any atom is -0.507 e. The zero-order chi connectivity index (χ0) is 25.2. The number of aromatic hydroxyl groups is 1. The van der Waals surface area contributed by atoms with Gasteiger partial charge in [0.25, 0.3) is 10.0 Å². The van der Waals surface area contributed by atoms with Crippen LogP contribution in [-0.4, -0.2) is 40.4 Å². The molecule has 0 radical (unpaired) electrons. The van der Waals surface area contributed by atoms with E-state index in [4.69, 9.17) is 0 Å². The number of benzene rings is 3. The molecule has 11 heteroatoms. The molecule has 0 fully saturated rings. The summed E-state index contributed by atoms with van der Waals surface area (Å²) in [5, 5.41) is 21.9. The van der Waals surface area contributed by atoms with Crippen molar-refractivity contribution in [3.63, 3.8) is 0 Å². The molecular weight excluding hydrogens is 472 g/mol. The van der Waals surface area contributed by atoms with E-state index in [1.54, 1.807) is 36.4 Å². The van der Waals surface area contributed by atoms with E-state index in [9.17, 15) is 28.2 Å². The summed E-state index contributed by atoms with van der Waals surface area (Å²) in [6, 6.07) is 16.6. The lowest BCUT2D eigenvalue weighted by molar-refractivity contribution is -0.116. The van der Waals surface area contributed by atoms with E-state index < -0.39 is 21.7 Å². The Morgan fingerprint density at radius 1 is 0.914 bits per heavy atom. The number of aromatic nitrogens is 2. The number of carboxylic acids is 1. The summed E-state index contributed by atoms with van der Waals surface area (Å²) >= 11 is 0. The number of aromatic carboxylic acids is 1. The van der Waals surface area contributed by atoms with Gasteiger partial charge in [-0.3, -0.25) is 9.52 Å². The van der Waals surface area contributed by atoms with Crippen LogP contribution in [0.25, 0.3) is 11.0 Å². The highest BCUT2D eigenvalue weighted by molar-refractivity contribution is 7.92. The lowest BCUT2D eigenvalue weighted by atomic mass is 10.1. The Labute approximate surface area is 200 Å². The van der Waals surface area contributed by atoms with Crippen LogP contribution in [0.5, 0.6) is 5.75 Å². The van der Waals surface area contributed by atoms with E-state index in [-0.39, 0.29) is 40.0 Å². The zero-order valence-electron chi connectivity index (χ0n) is 18.4. The van der Waals surface area contributed by atoms with Crippen molar-refractivity contribution in [1.82, 2.24) is 9.97 Å². The minimum absolute atomic E-state index is 0.0301. The average molecular weight is 493 g/mol. The Morgan fingerprint density at radius 2 is 1.54 bits per heavy atom. The molecule has 4 rings (SSSR count). The van der Waals surface area contributed by atoms with Gasteiger partial charge in [0.2, 0.25) is 0 Å². The van der Waals surface area contributed by atoms with Gasteiger partial charge >= 0.3 is 5.97 Å². The van der Waals surface area contributed by atoms with Crippen LogP contribution in [0.1, 0.15) is 22.8 Å². The smallest absolute Gasteiger partial charge is 0.339 e. The maximum absolute atomic E-state index is 13.1. The summed E-state index contributed by atoms with van der Waals surface area (Å²) in [4.78, 5) is 31.5. The van der Waals surface area contributed by atoms with Crippen molar-refractivity contribution < 1.29 is 28.2 Å². The van der Waals surface area contributed by atoms with Gasteiger partial charge in [-0.15, -0.1) is 0 Å². The van der Waals surface area contributed by atoms with Gasteiger partial charge in [-0.2, -0.15) is 0 Å². The molecule has 0 saturated heterocycles. The summed E-state index contributed by atoms with van der Waals surface area (Å²) in [7, 11) is -4.08. The van der Waals surface area contributed by atoms with E-state index >= 15 is 0 Å². The molecular formula is C24H20N4O6S. The van der Waals surface area contributed by atoms with Gasteiger partial charge < -0.3 is 15.5 Å². The minimum atomic E-state index is -4.08. The largest absolute Gasteiger partial charge is 0.507 e. The highest BCUT2D eigenvalue weighted by Gasteiger charge is 2.20. The topological polar surface area (TPSA) is 159 Å². The third kappa shape index (κ3) is 5.36. The Hall–Kier alpha value is -4.51. The third-order valence-corrected chi connectivity index (χ3v) is 6.33. The molecule has 0 atom stereocenters. The van der Waals surface area contributed by atoms with Crippen LogP contribution in [0.15, 0.2) is 71.6 Å². The molecule has 3 aromatic carbocycles. The quantitative estimate of drug-likeness (QED) is 0.269. The standard InChI is InChI=1S/C24H20N4O6S/c1-14(29)12-15-6-9-17(10-7-15)35(33,34)28-23-22(26-19-4-2-3-5-20(19)27-23)25-16-8-11-21(30)18(13-16)24(31)32/h2-11,13,30H,12H2,1H3,(H,25,26)(H,27,28)(H,31,32). The van der Waals surface area contributed by atoms with Crippen molar-refractivity contribution in [2.24, 2.45) is 0 Å². The maximum Gasteiger partial charge on any atom is 0.339 e. The van der Waals surface area contributed by atoms with Crippen LogP contribution in [0.3, 0.4) is 0 Å². The molecule has 10 nitrogen and oxygen atoms in total. The molecule has 0 aliphatic rings. The first-order valence-corrected chi connectivity index (χ1v) is 11.8. The SMILES string of the molecule is CC(=O)Cc1ccc(S(=O)(=O)Nc2nc3ccccc3nc2Nc2ccc(O)c(C(=O)O)c2)cc1. The molecule has 35 heavy (non-hydrogen) atoms. The Balaban J connectivity index is 1.72. The number of carboxylic acid groups (broad SMARTS) is 1. The molecule has 0 saturated carbocycles. The van der Waals surface area contributed by atoms with Crippen LogP contribution in [0.2, 0.25) is 0 Å². The first kappa shape index (κ1) is 23.6. The fourth-order valence-corrected chi connectivity index (χ4v) is 4.35. The van der Waals surface area contributed by atoms with Crippen molar-refractivity contribution in [2.45, 2.75) is 18.2 Å². The number of rotatable bonds is 8. The molecule has 0 aliphatic carbocycles. The molecule has 0 bridgehead atoms. The van der Waals surface area contributed by atoms with Crippen LogP contribution in [0, 0.1) is 0 Å². The highest BCUT2D eigenvalue weighted by atomic mass is 32.2. The molecule has 4 aromatic rings. The van der Waals surface area contributed by atoms with Gasteiger partial charge in [0.1, 0.15) is 17.1 Å². The third-order valence-electron chi connectivity index (χ3n) is 4.98. The van der Waals surface area contributed by atoms with Crippen LogP contribution < -0.4 is 10.0 Å². The van der Waals surface area contributed by atoms with E-state index in [0.29, 0.717) is 16.6 Å². The summed E-state index contributed by atoms with van der Waals surface area (Å²) in [5.74, 6) is -1.86. The highest BCUT2D eigenvalue weighted by Crippen LogP contribution is 2.29. The summed E-state index contributed by atoms with van der Waals surface area (Å²) in [5.41, 5.74) is 1.51. The molecule has 4 N–H and O–H groups in total. The number of carbonyl (C=O) groups excluding carboxylic acids is 1. The number of hydrogen-bond donors (Lipinski definition) is 4. The molecule has 1 heterocycles. The number of fused-ring (bicyclic) bond motifs is 1. The predicted octanol–water partition coefficient (Wildman–Crippen LogP) is 3.71. The second kappa shape index (κ2) is 9.39. The molecule has 0 spiro atoms. The Morgan fingerprint density at radius 3 is 2.14 bits per heavy atom. The van der Waals surface area contributed by atoms with Gasteiger partial charge in [0.15, 0.2) is 11.6 Å². The number of carbonyl (C=O) groups is 2. The van der Waals surface area contributed by atoms with Crippen LogP contribution in [-0.2, 0) is 21.2 Å². The number of ketones is 1. The van der Waals surface area contributed by atoms with E-state index in [1.165, 1.54) is 37.3 Å². The molecule has 1 aromatic heterocycles. The maximum atomic E-state index is 13.1. The lowest BCUT2D eigenvalue weighted by Gasteiger charge is -2.14. The monoisotopic (exact) mass is 492 g/mol. The van der Waals surface area contributed by atoms with Crippen molar-refractivity contribution in [1.29, 1.82) is 0 Å². The molecule has 178 valence electrons. The summed E-state index contributed by atoms with van der Waals surface area (Å²) in [6.07, 6.45) is 0.197. The Bertz CT molecular complexity index is 1550. The van der Waals surface area contributed by atoms with E-state index in [1.807, 2.05) is 0 Å². The number of sulfonamides is 1. The summed E-state index contributed by atoms with van der Waals surface area (Å²) in [6.45, 7) is 1.45. The average Bonchev–Trinajstić information content (AvgIpc) is 2.80. The second-order valence-corrected chi connectivity index (χ2v) is 9.38. The number of Topliss-reactive ketones (excluding diaryl/α,β-unsaturated/α-hetero) is 1. The van der Waals surface area contributed by atoms with Gasteiger partial charge in [0, 0.05) is 12.1 Å². The van der Waals surface area contributed by atoms with Crippen molar-refractivity contribution in [2.75, 3.05) is 10.0 Å². The number of hydrogen-bond acceptors (Lipinski definition) is 8. The van der Waals surface area contributed by atoms with E-state index in [0.717, 1.165) is 0 Å². The molecule has 0 amide bonds. The van der Waals surface area contributed by atoms with Gasteiger partial charge in [0.05, 0.1) is 15.9 Å². The van der Waals surface area contributed by atoms with Crippen molar-refractivity contribution in [3.8, 4) is 5.75 Å². The number of para-hydroxylation sites is 2. The van der Waals surface area contributed by atoms with Crippen LogP contribution in [0.4, 0.5) is 17.3 Å². The first-order valence-electron chi connectivity index (χ1n) is 10.3. The van der Waals surface area contributed by atoms with E-state index in [2.05, 4.69) is 20.0 Å². The van der Waals surface area contributed by atoms with Gasteiger partial charge in [-0.25, -0.2) is 23.2 Å². The van der Waals surface area contributed by atoms with Crippen molar-refractivity contribution in [3.05, 3.63) is 77.9 Å².